The number of allylic oxidation sites excluding steroid dienone is 3. The van der Waals surface area contributed by atoms with Gasteiger partial charge in [-0.3, -0.25) is 19.3 Å². The maximum absolute atomic E-state index is 12.3. The average Bonchev–Trinajstić information content (AvgIpc) is 3.18. The highest BCUT2D eigenvalue weighted by atomic mass is 79.9. The Labute approximate surface area is 223 Å². The van der Waals surface area contributed by atoms with Gasteiger partial charge in [-0.15, -0.1) is 0 Å². The first-order chi connectivity index (χ1) is 16.8. The van der Waals surface area contributed by atoms with Gasteiger partial charge >= 0.3 is 0 Å². The van der Waals surface area contributed by atoms with Crippen LogP contribution in [0.25, 0.3) is 0 Å². The standard InChI is InChI=1S/C27H36BrClN2O4/c1-21(12-14-23(20-29)10-5-4-8-17-28)9-6-7-11-25(32)30-18-16-24(35-3)19-27(34)31-22(2)13-15-26(31)33/h6,9,13,15,19-22H,4-5,7,10-12,14,16,18H2,1-3H3,(H,30,32)/b9-6+,23-20+,24-19+/t21?,22-/m0/s1. The summed E-state index contributed by atoms with van der Waals surface area (Å²) in [6.07, 6.45) is 14.7. The molecule has 0 radical (unpaired) electrons. The topological polar surface area (TPSA) is 75.7 Å². The van der Waals surface area contributed by atoms with Crippen molar-refractivity contribution in [3.63, 3.8) is 0 Å². The van der Waals surface area contributed by atoms with Crippen LogP contribution in [0.15, 0.2) is 47.2 Å². The third kappa shape index (κ3) is 12.8. The van der Waals surface area contributed by atoms with E-state index in [0.717, 1.165) is 32.1 Å². The molecule has 0 aromatic heterocycles. The average molecular weight is 568 g/mol. The summed E-state index contributed by atoms with van der Waals surface area (Å²) in [6.45, 7) is 4.28. The first kappa shape index (κ1) is 30.7. The molecule has 0 bridgehead atoms. The summed E-state index contributed by atoms with van der Waals surface area (Å²) in [4.78, 5) is 40.1. The van der Waals surface area contributed by atoms with E-state index in [0.29, 0.717) is 37.5 Å². The minimum atomic E-state index is -0.424. The van der Waals surface area contributed by atoms with Gasteiger partial charge in [-0.25, -0.2) is 0 Å². The Kier molecular flexibility index (Phi) is 15.8. The molecule has 1 aliphatic rings. The first-order valence-electron chi connectivity index (χ1n) is 11.9. The number of halogens is 2. The van der Waals surface area contributed by atoms with Crippen molar-refractivity contribution in [2.24, 2.45) is 5.92 Å². The second-order valence-electron chi connectivity index (χ2n) is 8.44. The maximum Gasteiger partial charge on any atom is 0.257 e. The quantitative estimate of drug-likeness (QED) is 0.0900. The van der Waals surface area contributed by atoms with Gasteiger partial charge in [0.05, 0.1) is 13.2 Å². The van der Waals surface area contributed by atoms with Gasteiger partial charge < -0.3 is 10.1 Å². The number of ether oxygens (including phenoxy) is 1. The zero-order valence-electron chi connectivity index (χ0n) is 20.8. The lowest BCUT2D eigenvalue weighted by Crippen LogP contribution is -2.37. The van der Waals surface area contributed by atoms with E-state index in [-0.39, 0.29) is 17.9 Å². The van der Waals surface area contributed by atoms with E-state index in [4.69, 9.17) is 16.3 Å². The van der Waals surface area contributed by atoms with Gasteiger partial charge in [-0.1, -0.05) is 48.2 Å². The fraction of sp³-hybridized carbons (Fsp3) is 0.519. The van der Waals surface area contributed by atoms with Crippen LogP contribution in [-0.4, -0.2) is 42.3 Å². The molecule has 192 valence electrons. The Morgan fingerprint density at radius 2 is 2.09 bits per heavy atom. The van der Waals surface area contributed by atoms with Crippen molar-refractivity contribution in [3.05, 3.63) is 47.2 Å². The lowest BCUT2D eigenvalue weighted by molar-refractivity contribution is -0.139. The van der Waals surface area contributed by atoms with Crippen LogP contribution in [0.1, 0.15) is 65.2 Å². The molecule has 0 spiro atoms. The van der Waals surface area contributed by atoms with Crippen molar-refractivity contribution in [1.82, 2.24) is 10.2 Å². The number of amides is 3. The second kappa shape index (κ2) is 18.0. The molecule has 0 fully saturated rings. The number of nitrogens with one attached hydrogen (secondary N) is 1. The molecule has 2 atom stereocenters. The molecule has 1 heterocycles. The Bertz CT molecular complexity index is 899. The smallest absolute Gasteiger partial charge is 0.257 e. The largest absolute Gasteiger partial charge is 0.501 e. The molecule has 1 unspecified atom stereocenters. The Morgan fingerprint density at radius 1 is 1.31 bits per heavy atom. The molecule has 0 aromatic carbocycles. The predicted molar refractivity (Wildman–Crippen MR) is 144 cm³/mol. The van der Waals surface area contributed by atoms with Crippen LogP contribution in [-0.2, 0) is 19.1 Å². The van der Waals surface area contributed by atoms with Crippen LogP contribution in [0.3, 0.4) is 0 Å². The molecular formula is C27H36BrClN2O4. The number of carbonyl (C=O) groups is 3. The number of unbranched alkanes of at least 4 members (excludes halogenated alkanes) is 1. The monoisotopic (exact) mass is 566 g/mol. The number of nitrogens with zero attached hydrogens (tertiary/aromatic N) is 1. The van der Waals surface area contributed by atoms with Gasteiger partial charge in [0.25, 0.3) is 11.8 Å². The van der Waals surface area contributed by atoms with Crippen molar-refractivity contribution in [2.75, 3.05) is 13.7 Å². The van der Waals surface area contributed by atoms with Crippen LogP contribution in [0.2, 0.25) is 0 Å². The molecule has 0 saturated carbocycles. The molecule has 6 nitrogen and oxygen atoms in total. The van der Waals surface area contributed by atoms with Gasteiger partial charge in [0, 0.05) is 59.4 Å². The third-order valence-electron chi connectivity index (χ3n) is 5.58. The molecule has 1 aliphatic heterocycles. The van der Waals surface area contributed by atoms with Crippen molar-refractivity contribution < 1.29 is 19.1 Å². The molecule has 0 saturated heterocycles. The highest BCUT2D eigenvalue weighted by molar-refractivity contribution is 9.12. The number of hydrogen-bond donors (Lipinski definition) is 1. The zero-order valence-corrected chi connectivity index (χ0v) is 23.2. The minimum Gasteiger partial charge on any atom is -0.501 e. The fourth-order valence-corrected chi connectivity index (χ4v) is 3.91. The summed E-state index contributed by atoms with van der Waals surface area (Å²) in [6, 6.07) is -0.275. The fourth-order valence-electron chi connectivity index (χ4n) is 3.49. The van der Waals surface area contributed by atoms with E-state index in [1.54, 1.807) is 18.5 Å². The molecule has 1 N–H and O–H groups in total. The zero-order chi connectivity index (χ0) is 26.1. The normalized spacial score (nSPS) is 16.9. The lowest BCUT2D eigenvalue weighted by atomic mass is 9.98. The van der Waals surface area contributed by atoms with Crippen LogP contribution < -0.4 is 5.32 Å². The summed E-state index contributed by atoms with van der Waals surface area (Å²) in [7, 11) is 1.46. The highest BCUT2D eigenvalue weighted by Crippen LogP contribution is 2.19. The van der Waals surface area contributed by atoms with Gasteiger partial charge in [0.2, 0.25) is 5.91 Å². The second-order valence-corrected chi connectivity index (χ2v) is 9.05. The minimum absolute atomic E-state index is 0.0597. The van der Waals surface area contributed by atoms with E-state index < -0.39 is 5.91 Å². The van der Waals surface area contributed by atoms with E-state index >= 15 is 0 Å². The number of imide groups is 1. The number of methoxy groups -OCH3 is 1. The van der Waals surface area contributed by atoms with Crippen LogP contribution in [0.4, 0.5) is 0 Å². The Morgan fingerprint density at radius 3 is 2.71 bits per heavy atom. The molecule has 3 amide bonds. The third-order valence-corrected chi connectivity index (χ3v) is 6.17. The summed E-state index contributed by atoms with van der Waals surface area (Å²) < 4.78 is 5.24. The Hall–Kier alpha value is -2.30. The maximum atomic E-state index is 12.3. The van der Waals surface area contributed by atoms with Crippen molar-refractivity contribution >= 4 is 45.3 Å². The number of rotatable bonds is 15. The van der Waals surface area contributed by atoms with Gasteiger partial charge in [0.1, 0.15) is 5.76 Å². The van der Waals surface area contributed by atoms with Crippen molar-refractivity contribution in [2.45, 2.75) is 71.3 Å². The molecule has 0 aliphatic carbocycles. The summed E-state index contributed by atoms with van der Waals surface area (Å²) in [5.41, 5.74) is 2.93. The van der Waals surface area contributed by atoms with E-state index in [1.807, 2.05) is 6.08 Å². The molecule has 35 heavy (non-hydrogen) atoms. The molecule has 8 heteroatoms. The van der Waals surface area contributed by atoms with Crippen molar-refractivity contribution in [1.29, 1.82) is 0 Å². The first-order valence-corrected chi connectivity index (χ1v) is 13.1. The number of hydrogen-bond acceptors (Lipinski definition) is 4. The van der Waals surface area contributed by atoms with Gasteiger partial charge in [-0.05, 0) is 49.8 Å². The summed E-state index contributed by atoms with van der Waals surface area (Å²) in [5, 5.41) is 2.84. The van der Waals surface area contributed by atoms with Gasteiger partial charge in [0.15, 0.2) is 0 Å². The SMILES string of the molecule is CO/C(=C/C(=O)N1C(=O)C=C[C@@H]1C)CCNC(=O)CC/C=C/C(C)CC/C(=C/Cl)CCCC#CBr. The van der Waals surface area contributed by atoms with Crippen LogP contribution in [0.5, 0.6) is 0 Å². The van der Waals surface area contributed by atoms with Crippen LogP contribution in [0, 0.1) is 16.7 Å². The molecule has 0 aromatic rings. The number of carbonyl (C=O) groups excluding carboxylic acids is 3. The summed E-state index contributed by atoms with van der Waals surface area (Å²) in [5.74, 6) is 2.99. The predicted octanol–water partition coefficient (Wildman–Crippen LogP) is 5.74. The molecule has 1 rings (SSSR count). The highest BCUT2D eigenvalue weighted by Gasteiger charge is 2.27. The van der Waals surface area contributed by atoms with Crippen LogP contribution >= 0.6 is 27.5 Å². The molecular weight excluding hydrogens is 532 g/mol. The van der Waals surface area contributed by atoms with Gasteiger partial charge in [-0.2, -0.15) is 0 Å². The Balaban J connectivity index is 2.27. The van der Waals surface area contributed by atoms with E-state index in [1.165, 1.54) is 29.7 Å². The van der Waals surface area contributed by atoms with E-state index in [2.05, 4.69) is 45.0 Å². The van der Waals surface area contributed by atoms with Crippen molar-refractivity contribution in [3.8, 4) is 10.8 Å². The summed E-state index contributed by atoms with van der Waals surface area (Å²) >= 11 is 9.05. The lowest BCUT2D eigenvalue weighted by Gasteiger charge is -2.18. The van der Waals surface area contributed by atoms with E-state index in [9.17, 15) is 14.4 Å².